The lowest BCUT2D eigenvalue weighted by Crippen LogP contribution is -1.99. The number of rotatable bonds is 12. The third-order valence-electron chi connectivity index (χ3n) is 28.8. The molecule has 0 N–H and O–H groups in total. The van der Waals surface area contributed by atoms with Gasteiger partial charge in [0.1, 0.15) is 0 Å². The number of fused-ring (bicyclic) bond motifs is 18. The van der Waals surface area contributed by atoms with Gasteiger partial charge in [-0.2, -0.15) is 31.6 Å². The van der Waals surface area contributed by atoms with Crippen molar-refractivity contribution in [1.29, 1.82) is 31.6 Å². The van der Waals surface area contributed by atoms with Crippen LogP contribution in [-0.4, -0.2) is 27.4 Å². The van der Waals surface area contributed by atoms with Gasteiger partial charge in [0.15, 0.2) is 11.4 Å². The topological polar surface area (TPSA) is 185 Å². The van der Waals surface area contributed by atoms with Crippen molar-refractivity contribution < 1.29 is 0 Å². The van der Waals surface area contributed by atoms with Gasteiger partial charge < -0.3 is 27.4 Å². The Hall–Kier alpha value is -22.2. The summed E-state index contributed by atoms with van der Waals surface area (Å²) in [4.78, 5) is 11.2. The van der Waals surface area contributed by atoms with Gasteiger partial charge in [-0.1, -0.05) is 255 Å². The van der Waals surface area contributed by atoms with Crippen molar-refractivity contribution in [3.8, 4) is 137 Å². The molecule has 0 saturated carbocycles. The molecule has 27 aromatic rings. The van der Waals surface area contributed by atoms with Crippen LogP contribution in [0.5, 0.6) is 0 Å². The van der Waals surface area contributed by atoms with Crippen LogP contribution in [0.15, 0.2) is 455 Å². The Morgan fingerprint density at radius 2 is 0.420 bits per heavy atom. The number of hydrogen-bond donors (Lipinski definition) is 0. The molecule has 0 aliphatic carbocycles. The van der Waals surface area contributed by atoms with Gasteiger partial charge in [0.25, 0.3) is 0 Å². The zero-order valence-corrected chi connectivity index (χ0v) is 80.0. The summed E-state index contributed by atoms with van der Waals surface area (Å²) in [7, 11) is 0. The van der Waals surface area contributed by atoms with E-state index >= 15 is 0 Å². The maximum atomic E-state index is 10.0. The number of para-hydroxylation sites is 7. The third kappa shape index (κ3) is 14.9. The Morgan fingerprint density at radius 1 is 0.167 bits per heavy atom. The van der Waals surface area contributed by atoms with Crippen molar-refractivity contribution in [3.05, 3.63) is 523 Å². The molecule has 6 aromatic heterocycles. The molecule has 0 aliphatic heterocycles. The summed E-state index contributed by atoms with van der Waals surface area (Å²) < 4.78 is 13.4. The Morgan fingerprint density at radius 3 is 0.767 bits per heavy atom. The summed E-state index contributed by atoms with van der Waals surface area (Å²) in [5.74, 6) is 0. The van der Waals surface area contributed by atoms with E-state index in [1.165, 1.54) is 32.3 Å². The van der Waals surface area contributed by atoms with Crippen LogP contribution in [0.1, 0.15) is 33.4 Å². The molecule has 27 rings (SSSR count). The molecular formula is C135H75N15. The van der Waals surface area contributed by atoms with Crippen LogP contribution in [0.2, 0.25) is 0 Å². The maximum absolute atomic E-state index is 10.0. The van der Waals surface area contributed by atoms with E-state index in [9.17, 15) is 31.6 Å². The Balaban J connectivity index is 0.000000116. The van der Waals surface area contributed by atoms with Crippen LogP contribution in [0.4, 0.5) is 17.1 Å². The van der Waals surface area contributed by atoms with Crippen LogP contribution < -0.4 is 0 Å². The van der Waals surface area contributed by atoms with Gasteiger partial charge in [0.2, 0.25) is 5.69 Å². The lowest BCUT2D eigenvalue weighted by Gasteiger charge is -2.18. The van der Waals surface area contributed by atoms with Crippen LogP contribution in [0, 0.1) is 87.7 Å². The Bertz CT molecular complexity index is 10500. The molecule has 0 spiro atoms. The van der Waals surface area contributed by atoms with Crippen molar-refractivity contribution in [2.45, 2.75) is 0 Å². The van der Waals surface area contributed by atoms with Gasteiger partial charge in [-0.05, 0) is 261 Å². The van der Waals surface area contributed by atoms with Crippen LogP contribution in [-0.2, 0) is 0 Å². The minimum absolute atomic E-state index is 0.557. The quantitative estimate of drug-likeness (QED) is 0.110. The average molecular weight is 1910 g/mol. The summed E-state index contributed by atoms with van der Waals surface area (Å²) in [6, 6.07) is 167. The second-order valence-electron chi connectivity index (χ2n) is 36.9. The molecule has 0 atom stereocenters. The fourth-order valence-electron chi connectivity index (χ4n) is 22.2. The molecule has 0 radical (unpaired) electrons. The van der Waals surface area contributed by atoms with Crippen LogP contribution >= 0.6 is 0 Å². The van der Waals surface area contributed by atoms with Crippen molar-refractivity contribution in [1.82, 2.24) is 27.4 Å². The number of aromatic nitrogens is 6. The summed E-state index contributed by atoms with van der Waals surface area (Å²) in [5, 5.41) is 71.6. The van der Waals surface area contributed by atoms with E-state index in [1.807, 2.05) is 176 Å². The largest absolute Gasteiger partial charge is 0.319 e. The van der Waals surface area contributed by atoms with E-state index in [2.05, 4.69) is 357 Å². The SMILES string of the molecule is [C-]#[N+]c1ccc2c(c1)c1cc(C#N)ccc1n2-c1ccc(-c2ccccc2-c2cc(C#N)ccc2-n2c3ccccc3c3ccccc32)cc1.[C-]#[N+]c1ccc2c3cc(C#N)ccc3n(-c3ccc(-c4ccccc4-c4cc(C#N)ccc4-n4c5ccccc5c5ccccc54)cc3)c2c1.[C-]#[N+]c1cccc2c3cc(C#N)ccc3n(-c3ccc(-c4ccccc4-c4cc(C#N)ccc4-n4c5ccccc5c5ccccc54)cc3)c12. The minimum atomic E-state index is 0.557. The molecule has 690 valence electrons. The molecule has 15 heteroatoms. The molecule has 0 aliphatic rings. The van der Waals surface area contributed by atoms with Crippen LogP contribution in [0.3, 0.4) is 0 Å². The van der Waals surface area contributed by atoms with Gasteiger partial charge in [-0.15, -0.1) is 0 Å². The zero-order chi connectivity index (χ0) is 101. The predicted molar refractivity (Wildman–Crippen MR) is 605 cm³/mol. The third-order valence-corrected chi connectivity index (χ3v) is 28.8. The first-order valence-corrected chi connectivity index (χ1v) is 48.8. The normalized spacial score (nSPS) is 11.1. The fraction of sp³-hybridized carbons (Fsp3) is 0. The Labute approximate surface area is 860 Å². The summed E-state index contributed by atoms with van der Waals surface area (Å²) in [6.07, 6.45) is 0. The number of hydrogen-bond acceptors (Lipinski definition) is 6. The van der Waals surface area contributed by atoms with Gasteiger partial charge >= 0.3 is 0 Å². The number of nitrogens with zero attached hydrogens (tertiary/aromatic N) is 15. The van der Waals surface area contributed by atoms with E-state index in [0.717, 1.165) is 199 Å². The van der Waals surface area contributed by atoms with Crippen molar-refractivity contribution in [2.24, 2.45) is 0 Å². The molecule has 0 saturated heterocycles. The molecular weight excluding hydrogens is 1830 g/mol. The van der Waals surface area contributed by atoms with Crippen molar-refractivity contribution in [2.75, 3.05) is 0 Å². The minimum Gasteiger partial charge on any atom is -0.319 e. The first-order valence-electron chi connectivity index (χ1n) is 48.8. The molecule has 150 heavy (non-hydrogen) atoms. The standard InChI is InChI=1S/3C45H25N5/c1-48-40-14-8-13-37-39-26-30(28-47)17-23-43(39)49(45(37)40)32-21-19-31(20-22-32)33-9-2-3-10-34(33)38-25-29(27-46)18-24-44(38)50-41-15-6-4-11-35(41)36-12-5-7-16-42(36)50;1-48-32-18-21-38-40-25-30(28-47)14-22-43(40)49(45(38)26-32)33-19-16-31(17-20-33)34-8-2-3-9-35(34)39-24-29(27-46)15-23-44(39)50-41-12-6-4-10-36(41)37-11-5-7-13-42(37)50;1-48-32-18-23-44-40(26-32)39-25-30(28-47)14-21-43(39)49(44)33-19-16-31(17-20-33)34-8-2-3-9-35(34)38-24-29(27-46)15-22-45(38)50-41-12-6-4-10-36(41)37-11-5-7-13-42(37)50/h3*2-26H. The molecule has 0 amide bonds. The second kappa shape index (κ2) is 37.0. The Kier molecular flexibility index (Phi) is 22.0. The van der Waals surface area contributed by atoms with E-state index in [0.29, 0.717) is 50.4 Å². The first kappa shape index (κ1) is 89.2. The lowest BCUT2D eigenvalue weighted by molar-refractivity contribution is 1.18. The first-order chi connectivity index (χ1) is 74.0. The summed E-state index contributed by atoms with van der Waals surface area (Å²) in [5.41, 5.74) is 35.6. The fourth-order valence-corrected chi connectivity index (χ4v) is 22.2. The van der Waals surface area contributed by atoms with Gasteiger partial charge in [0, 0.05) is 93.1 Å². The van der Waals surface area contributed by atoms with E-state index < -0.39 is 0 Å². The molecule has 0 unspecified atom stereocenters. The highest BCUT2D eigenvalue weighted by Crippen LogP contribution is 2.49. The molecule has 21 aromatic carbocycles. The lowest BCUT2D eigenvalue weighted by atomic mass is 9.92. The summed E-state index contributed by atoms with van der Waals surface area (Å²) in [6.45, 7) is 23.1. The summed E-state index contributed by atoms with van der Waals surface area (Å²) >= 11 is 0. The molecule has 6 heterocycles. The molecule has 0 fully saturated rings. The van der Waals surface area contributed by atoms with E-state index in [1.54, 1.807) is 0 Å². The highest BCUT2D eigenvalue weighted by atomic mass is 15.0. The highest BCUT2D eigenvalue weighted by Gasteiger charge is 2.27. The maximum Gasteiger partial charge on any atom is 0.211 e. The van der Waals surface area contributed by atoms with Gasteiger partial charge in [0.05, 0.1) is 167 Å². The molecule has 0 bridgehead atoms. The second-order valence-corrected chi connectivity index (χ2v) is 36.9. The monoisotopic (exact) mass is 1910 g/mol. The van der Waals surface area contributed by atoms with E-state index in [-0.39, 0.29) is 0 Å². The van der Waals surface area contributed by atoms with Crippen molar-refractivity contribution >= 4 is 148 Å². The average Bonchev–Trinajstić information content (AvgIpc) is 1.61. The number of nitriles is 6. The smallest absolute Gasteiger partial charge is 0.211 e. The van der Waals surface area contributed by atoms with Gasteiger partial charge in [-0.25, -0.2) is 14.5 Å². The van der Waals surface area contributed by atoms with Gasteiger partial charge in [-0.3, -0.25) is 0 Å². The van der Waals surface area contributed by atoms with E-state index in [4.69, 9.17) is 19.7 Å². The van der Waals surface area contributed by atoms with Crippen molar-refractivity contribution in [3.63, 3.8) is 0 Å². The predicted octanol–water partition coefficient (Wildman–Crippen LogP) is 34.5. The number of benzene rings is 21. The molecule has 15 nitrogen and oxygen atoms in total. The highest BCUT2D eigenvalue weighted by molar-refractivity contribution is 6.17. The zero-order valence-electron chi connectivity index (χ0n) is 80.0. The van der Waals surface area contributed by atoms with Crippen LogP contribution in [0.25, 0.3) is 246 Å².